The van der Waals surface area contributed by atoms with Crippen LogP contribution in [0.2, 0.25) is 0 Å². The molecule has 0 unspecified atom stereocenters. The summed E-state index contributed by atoms with van der Waals surface area (Å²) in [5, 5.41) is 0. The summed E-state index contributed by atoms with van der Waals surface area (Å²) in [5.41, 5.74) is 0. The van der Waals surface area contributed by atoms with E-state index in [1.54, 1.807) is 0 Å². The van der Waals surface area contributed by atoms with Gasteiger partial charge in [0.15, 0.2) is 0 Å². The van der Waals surface area contributed by atoms with E-state index in [4.69, 9.17) is 0 Å². The summed E-state index contributed by atoms with van der Waals surface area (Å²) in [7, 11) is 0. The van der Waals surface area contributed by atoms with E-state index in [-0.39, 0.29) is 22.7 Å². The highest BCUT2D eigenvalue weighted by Crippen LogP contribution is 1.83. The third-order valence-electron chi connectivity index (χ3n) is 0.571. The van der Waals surface area contributed by atoms with Crippen LogP contribution in [0.25, 0.3) is 0 Å². The minimum Gasteiger partial charge on any atom is -0.495 e. The molecule has 0 saturated carbocycles. The van der Waals surface area contributed by atoms with Crippen LogP contribution in [0.4, 0.5) is 0 Å². The minimum atomic E-state index is -1.03. The maximum absolute atomic E-state index is 10.3. The Balaban J connectivity index is 3.73. The van der Waals surface area contributed by atoms with Crippen LogP contribution in [0.5, 0.6) is 0 Å². The molecule has 0 spiro atoms. The fourth-order valence-corrected chi connectivity index (χ4v) is 0.477. The van der Waals surface area contributed by atoms with E-state index in [2.05, 4.69) is 8.58 Å². The van der Waals surface area contributed by atoms with Gasteiger partial charge in [-0.25, -0.2) is 9.59 Å². The molecule has 0 aromatic carbocycles. The highest BCUT2D eigenvalue weighted by Gasteiger charge is 2.07. The van der Waals surface area contributed by atoms with Crippen molar-refractivity contribution in [3.8, 4) is 0 Å². The fourth-order valence-electron chi connectivity index (χ4n) is 0.250. The molecule has 0 atom stereocenters. The summed E-state index contributed by atoms with van der Waals surface area (Å²) in [5.74, 6) is -2.06. The normalized spacial score (nSPS) is 9.83. The molecule has 0 fully saturated rings. The van der Waals surface area contributed by atoms with Gasteiger partial charge >= 0.3 is 34.6 Å². The zero-order valence-electron chi connectivity index (χ0n) is 5.36. The van der Waals surface area contributed by atoms with Crippen molar-refractivity contribution in [2.24, 2.45) is 0 Å². The van der Waals surface area contributed by atoms with Crippen LogP contribution in [-0.4, -0.2) is 11.9 Å². The van der Waals surface area contributed by atoms with Gasteiger partial charge in [-0.2, -0.15) is 8.58 Å². The van der Waals surface area contributed by atoms with Crippen LogP contribution in [0.3, 0.4) is 0 Å². The lowest BCUT2D eigenvalue weighted by atomic mass is 10.5. The van der Waals surface area contributed by atoms with Crippen molar-refractivity contribution in [3.05, 3.63) is 12.2 Å². The first kappa shape index (κ1) is 11.2. The average Bonchev–Trinajstić information content (AvgIpc) is 2.02. The van der Waals surface area contributed by atoms with Gasteiger partial charge in [0.1, 0.15) is 0 Å². The molecule has 68 valence electrons. The highest BCUT2D eigenvalue weighted by atomic mass is 35.6. The average molecular weight is 217 g/mol. The Morgan fingerprint density at radius 1 is 1.00 bits per heavy atom. The van der Waals surface area contributed by atoms with Gasteiger partial charge in [-0.1, -0.05) is 0 Å². The lowest BCUT2D eigenvalue weighted by Gasteiger charge is -1.82. The molecule has 0 amide bonds. The quantitative estimate of drug-likeness (QED) is 0.471. The maximum atomic E-state index is 10.3. The number of rotatable bonds is 4. The fraction of sp³-hybridized carbons (Fsp3) is 0. The van der Waals surface area contributed by atoms with Crippen LogP contribution in [0.1, 0.15) is 0 Å². The summed E-state index contributed by atoms with van der Waals surface area (Å²) in [4.78, 5) is 20.6. The number of hydrogen-bond acceptors (Lipinski definition) is 6. The zero-order chi connectivity index (χ0) is 9.40. The summed E-state index contributed by atoms with van der Waals surface area (Å²) in [6.07, 6.45) is 1.29. The predicted octanol–water partition coefficient (Wildman–Crippen LogP) is -2.82. The van der Waals surface area contributed by atoms with E-state index >= 15 is 0 Å². The SMILES string of the molecule is O=C(/C=C/C(=O)O[Cl+][O-])O[Cl+][O-]. The first-order valence-corrected chi connectivity index (χ1v) is 3.58. The maximum Gasteiger partial charge on any atom is 0.400 e. The van der Waals surface area contributed by atoms with Gasteiger partial charge in [0.2, 0.25) is 0 Å². The molecule has 0 radical (unpaired) electrons. The van der Waals surface area contributed by atoms with Crippen molar-refractivity contribution in [1.29, 1.82) is 0 Å². The largest absolute Gasteiger partial charge is 0.495 e. The third kappa shape index (κ3) is 5.93. The van der Waals surface area contributed by atoms with Crippen LogP contribution < -0.4 is 9.32 Å². The Hall–Kier alpha value is -0.820. The summed E-state index contributed by atoms with van der Waals surface area (Å²) < 4.78 is 26.5. The third-order valence-corrected chi connectivity index (χ3v) is 1.00. The van der Waals surface area contributed by atoms with Gasteiger partial charge in [0, 0.05) is 12.2 Å². The lowest BCUT2D eigenvalue weighted by Crippen LogP contribution is -2.11. The van der Waals surface area contributed by atoms with E-state index in [0.29, 0.717) is 12.2 Å². The zero-order valence-corrected chi connectivity index (χ0v) is 6.87. The molecular formula is C4H2Cl2O6. The number of carbonyl (C=O) groups is 2. The van der Waals surface area contributed by atoms with Gasteiger partial charge < -0.3 is 9.32 Å². The molecule has 0 aliphatic rings. The monoisotopic (exact) mass is 216 g/mol. The van der Waals surface area contributed by atoms with E-state index in [1.165, 1.54) is 0 Å². The molecule has 0 aromatic heterocycles. The Morgan fingerprint density at radius 2 is 1.33 bits per heavy atom. The van der Waals surface area contributed by atoms with Gasteiger partial charge in [0.25, 0.3) is 0 Å². The molecule has 0 N–H and O–H groups in total. The molecule has 6 nitrogen and oxygen atoms in total. The molecular weight excluding hydrogens is 215 g/mol. The van der Waals surface area contributed by atoms with Crippen molar-refractivity contribution in [2.75, 3.05) is 0 Å². The van der Waals surface area contributed by atoms with Gasteiger partial charge in [-0.3, -0.25) is 0 Å². The smallest absolute Gasteiger partial charge is 0.400 e. The summed E-state index contributed by atoms with van der Waals surface area (Å²) >= 11 is 0.0352. The van der Waals surface area contributed by atoms with Gasteiger partial charge in [-0.05, 0) is 0 Å². The Kier molecular flexibility index (Phi) is 6.39. The Labute approximate surface area is 74.9 Å². The first-order valence-electron chi connectivity index (χ1n) is 2.34. The molecule has 0 heterocycles. The second-order valence-electron chi connectivity index (χ2n) is 1.25. The molecule has 0 aliphatic carbocycles. The minimum absolute atomic E-state index is 0.0176. The van der Waals surface area contributed by atoms with Gasteiger partial charge in [-0.15, -0.1) is 0 Å². The molecule has 12 heavy (non-hydrogen) atoms. The Bertz CT molecular complexity index is 170. The van der Waals surface area contributed by atoms with E-state index in [9.17, 15) is 18.9 Å². The molecule has 0 aliphatic heterocycles. The standard InChI is InChI=1S/C4H2Cl2O6/c7-3(11-5-9)1-2-4(8)12-6-10/h1-2H/b2-1+. The van der Waals surface area contributed by atoms with Crippen molar-refractivity contribution in [1.82, 2.24) is 0 Å². The predicted molar refractivity (Wildman–Crippen MR) is 21.3 cm³/mol. The van der Waals surface area contributed by atoms with Crippen LogP contribution in [0, 0.1) is 22.7 Å². The second kappa shape index (κ2) is 6.86. The van der Waals surface area contributed by atoms with E-state index in [0.717, 1.165) is 0 Å². The number of carbonyl (C=O) groups excluding carboxylic acids is 2. The topological polar surface area (TPSA) is 98.7 Å². The first-order chi connectivity index (χ1) is 5.70. The van der Waals surface area contributed by atoms with Gasteiger partial charge in [0.05, 0.1) is 0 Å². The van der Waals surface area contributed by atoms with Crippen molar-refractivity contribution >= 4 is 11.9 Å². The van der Waals surface area contributed by atoms with Crippen LogP contribution in [0.15, 0.2) is 12.2 Å². The van der Waals surface area contributed by atoms with Crippen LogP contribution >= 0.6 is 0 Å². The molecule has 0 bridgehead atoms. The van der Waals surface area contributed by atoms with Crippen molar-refractivity contribution < 1.29 is 50.1 Å². The molecule has 0 rings (SSSR count). The summed E-state index contributed by atoms with van der Waals surface area (Å²) in [6, 6.07) is 0. The van der Waals surface area contributed by atoms with E-state index in [1.807, 2.05) is 0 Å². The highest BCUT2D eigenvalue weighted by molar-refractivity contribution is 5.90. The Morgan fingerprint density at radius 3 is 1.58 bits per heavy atom. The van der Waals surface area contributed by atoms with E-state index < -0.39 is 11.9 Å². The van der Waals surface area contributed by atoms with Crippen LogP contribution in [-0.2, 0) is 18.2 Å². The number of halogens is 2. The molecule has 0 aromatic rings. The molecule has 0 saturated heterocycles. The number of hydrogen-bond donors (Lipinski definition) is 0. The molecule has 8 heteroatoms. The second-order valence-corrected chi connectivity index (χ2v) is 1.81. The summed E-state index contributed by atoms with van der Waals surface area (Å²) in [6.45, 7) is 0. The lowest BCUT2D eigenvalue weighted by molar-refractivity contribution is -1.26. The van der Waals surface area contributed by atoms with Crippen molar-refractivity contribution in [3.63, 3.8) is 0 Å². The van der Waals surface area contributed by atoms with Crippen molar-refractivity contribution in [2.45, 2.75) is 0 Å².